The highest BCUT2D eigenvalue weighted by Crippen LogP contribution is 2.19. The van der Waals surface area contributed by atoms with Gasteiger partial charge in [-0.3, -0.25) is 0 Å². The van der Waals surface area contributed by atoms with E-state index in [1.54, 1.807) is 14.2 Å². The van der Waals surface area contributed by atoms with Gasteiger partial charge in [-0.1, -0.05) is 0 Å². The monoisotopic (exact) mass is 249 g/mol. The molecule has 0 amide bonds. The first kappa shape index (κ1) is 12.9. The van der Waals surface area contributed by atoms with Gasteiger partial charge < -0.3 is 19.8 Å². The van der Waals surface area contributed by atoms with E-state index in [1.165, 1.54) is 0 Å². The van der Waals surface area contributed by atoms with E-state index in [2.05, 4.69) is 9.55 Å². The summed E-state index contributed by atoms with van der Waals surface area (Å²) in [5.74, 6) is 0.953. The van der Waals surface area contributed by atoms with Gasteiger partial charge in [0.1, 0.15) is 5.82 Å². The molecule has 1 atom stereocenters. The van der Waals surface area contributed by atoms with Crippen molar-refractivity contribution in [2.75, 3.05) is 26.6 Å². The molecule has 0 saturated carbocycles. The van der Waals surface area contributed by atoms with Crippen LogP contribution in [-0.2, 0) is 16.0 Å². The smallest absolute Gasteiger partial charge is 0.106 e. The van der Waals surface area contributed by atoms with Crippen molar-refractivity contribution >= 4 is 16.7 Å². The van der Waals surface area contributed by atoms with Crippen molar-refractivity contribution in [3.8, 4) is 0 Å². The number of ether oxygens (including phenoxy) is 2. The molecule has 2 aromatic rings. The Labute approximate surface area is 107 Å². The summed E-state index contributed by atoms with van der Waals surface area (Å²) in [5, 5.41) is 0. The molecule has 98 valence electrons. The van der Waals surface area contributed by atoms with Crippen LogP contribution in [0.15, 0.2) is 18.2 Å². The second-order valence-corrected chi connectivity index (χ2v) is 4.33. The number of benzene rings is 1. The predicted molar refractivity (Wildman–Crippen MR) is 71.6 cm³/mol. The largest absolute Gasteiger partial charge is 0.399 e. The Balaban J connectivity index is 2.34. The van der Waals surface area contributed by atoms with Gasteiger partial charge in [0, 0.05) is 19.9 Å². The van der Waals surface area contributed by atoms with Crippen LogP contribution in [0.2, 0.25) is 0 Å². The molecule has 1 aromatic heterocycles. The number of aryl methyl sites for hydroxylation is 1. The maximum atomic E-state index is 5.76. The van der Waals surface area contributed by atoms with E-state index in [0.717, 1.165) is 29.1 Å². The number of aromatic nitrogens is 2. The number of nitrogen functional groups attached to an aromatic ring is 1. The summed E-state index contributed by atoms with van der Waals surface area (Å²) in [6.45, 7) is 3.26. The Morgan fingerprint density at radius 2 is 2.17 bits per heavy atom. The third kappa shape index (κ3) is 2.47. The van der Waals surface area contributed by atoms with Gasteiger partial charge in [-0.15, -0.1) is 0 Å². The Morgan fingerprint density at radius 3 is 2.83 bits per heavy atom. The molecule has 0 fully saturated rings. The average molecular weight is 249 g/mol. The number of nitrogens with two attached hydrogens (primary N) is 1. The van der Waals surface area contributed by atoms with Gasteiger partial charge in [-0.2, -0.15) is 0 Å². The molecular weight excluding hydrogens is 230 g/mol. The molecule has 1 heterocycles. The van der Waals surface area contributed by atoms with Crippen LogP contribution >= 0.6 is 0 Å². The topological polar surface area (TPSA) is 62.3 Å². The van der Waals surface area contributed by atoms with Crippen molar-refractivity contribution < 1.29 is 9.47 Å². The number of rotatable bonds is 5. The van der Waals surface area contributed by atoms with Crippen LogP contribution in [-0.4, -0.2) is 36.5 Å². The summed E-state index contributed by atoms with van der Waals surface area (Å²) in [4.78, 5) is 4.51. The standard InChI is InChI=1S/C13H19N3O2/c1-9-15-12-6-10(14)4-5-13(12)16(9)7-11(18-3)8-17-2/h4-6,11H,7-8,14H2,1-3H3. The number of hydrogen-bond donors (Lipinski definition) is 1. The lowest BCUT2D eigenvalue weighted by atomic mass is 10.2. The SMILES string of the molecule is COCC(Cn1c(C)nc2cc(N)ccc21)OC. The quantitative estimate of drug-likeness (QED) is 0.817. The van der Waals surface area contributed by atoms with E-state index >= 15 is 0 Å². The van der Waals surface area contributed by atoms with Gasteiger partial charge in [0.05, 0.1) is 30.3 Å². The Kier molecular flexibility index (Phi) is 3.84. The molecule has 2 rings (SSSR count). The fraction of sp³-hybridized carbons (Fsp3) is 0.462. The van der Waals surface area contributed by atoms with E-state index in [-0.39, 0.29) is 6.10 Å². The van der Waals surface area contributed by atoms with E-state index in [0.29, 0.717) is 6.61 Å². The zero-order chi connectivity index (χ0) is 13.1. The lowest BCUT2D eigenvalue weighted by molar-refractivity contribution is 0.0187. The van der Waals surface area contributed by atoms with E-state index in [1.807, 2.05) is 25.1 Å². The summed E-state index contributed by atoms with van der Waals surface area (Å²) >= 11 is 0. The maximum absolute atomic E-state index is 5.76. The second kappa shape index (κ2) is 5.37. The second-order valence-electron chi connectivity index (χ2n) is 4.33. The summed E-state index contributed by atoms with van der Waals surface area (Å²) in [7, 11) is 3.36. The Hall–Kier alpha value is -1.59. The molecule has 5 nitrogen and oxygen atoms in total. The van der Waals surface area contributed by atoms with Crippen molar-refractivity contribution in [2.45, 2.75) is 19.6 Å². The van der Waals surface area contributed by atoms with Crippen LogP contribution in [0.4, 0.5) is 5.69 Å². The van der Waals surface area contributed by atoms with E-state index in [9.17, 15) is 0 Å². The first-order valence-electron chi connectivity index (χ1n) is 5.89. The lowest BCUT2D eigenvalue weighted by Crippen LogP contribution is -2.24. The third-order valence-electron chi connectivity index (χ3n) is 3.04. The minimum absolute atomic E-state index is 0.0173. The normalized spacial score (nSPS) is 13.1. The van der Waals surface area contributed by atoms with Gasteiger partial charge in [-0.05, 0) is 25.1 Å². The van der Waals surface area contributed by atoms with Crippen molar-refractivity contribution in [1.82, 2.24) is 9.55 Å². The van der Waals surface area contributed by atoms with Crippen molar-refractivity contribution in [3.63, 3.8) is 0 Å². The van der Waals surface area contributed by atoms with Crippen molar-refractivity contribution in [2.24, 2.45) is 0 Å². The predicted octanol–water partition coefficient (Wildman–Crippen LogP) is 1.59. The molecular formula is C13H19N3O2. The zero-order valence-electron chi connectivity index (χ0n) is 11.0. The van der Waals surface area contributed by atoms with Crippen LogP contribution in [0.5, 0.6) is 0 Å². The molecule has 1 aromatic carbocycles. The van der Waals surface area contributed by atoms with Crippen LogP contribution in [0.1, 0.15) is 5.82 Å². The van der Waals surface area contributed by atoms with Crippen LogP contribution in [0, 0.1) is 6.92 Å². The van der Waals surface area contributed by atoms with Gasteiger partial charge in [-0.25, -0.2) is 4.98 Å². The van der Waals surface area contributed by atoms with Gasteiger partial charge in [0.25, 0.3) is 0 Å². The molecule has 2 N–H and O–H groups in total. The summed E-state index contributed by atoms with van der Waals surface area (Å²) in [5.41, 5.74) is 8.48. The van der Waals surface area contributed by atoms with Gasteiger partial charge in [0.15, 0.2) is 0 Å². The lowest BCUT2D eigenvalue weighted by Gasteiger charge is -2.16. The minimum Gasteiger partial charge on any atom is -0.399 e. The number of imidazole rings is 1. The molecule has 5 heteroatoms. The first-order chi connectivity index (χ1) is 8.65. The zero-order valence-corrected chi connectivity index (χ0v) is 11.0. The highest BCUT2D eigenvalue weighted by Gasteiger charge is 2.13. The van der Waals surface area contributed by atoms with E-state index in [4.69, 9.17) is 15.2 Å². The number of anilines is 1. The molecule has 18 heavy (non-hydrogen) atoms. The highest BCUT2D eigenvalue weighted by atomic mass is 16.5. The number of nitrogens with zero attached hydrogens (tertiary/aromatic N) is 2. The van der Waals surface area contributed by atoms with Crippen molar-refractivity contribution in [1.29, 1.82) is 0 Å². The molecule has 0 aliphatic heterocycles. The van der Waals surface area contributed by atoms with Crippen LogP contribution < -0.4 is 5.73 Å². The van der Waals surface area contributed by atoms with Crippen LogP contribution in [0.25, 0.3) is 11.0 Å². The molecule has 1 unspecified atom stereocenters. The highest BCUT2D eigenvalue weighted by molar-refractivity contribution is 5.79. The summed E-state index contributed by atoms with van der Waals surface area (Å²) < 4.78 is 12.7. The van der Waals surface area contributed by atoms with E-state index < -0.39 is 0 Å². The Morgan fingerprint density at radius 1 is 1.39 bits per heavy atom. The van der Waals surface area contributed by atoms with Crippen LogP contribution in [0.3, 0.4) is 0 Å². The molecule has 0 spiro atoms. The molecule has 0 radical (unpaired) electrons. The van der Waals surface area contributed by atoms with Crippen molar-refractivity contribution in [3.05, 3.63) is 24.0 Å². The summed E-state index contributed by atoms with van der Waals surface area (Å²) in [6, 6.07) is 5.76. The van der Waals surface area contributed by atoms with Gasteiger partial charge in [0.2, 0.25) is 0 Å². The first-order valence-corrected chi connectivity index (χ1v) is 5.89. The number of hydrogen-bond acceptors (Lipinski definition) is 4. The Bertz CT molecular complexity index is 536. The maximum Gasteiger partial charge on any atom is 0.106 e. The molecule has 0 aliphatic carbocycles. The van der Waals surface area contributed by atoms with Gasteiger partial charge >= 0.3 is 0 Å². The molecule has 0 saturated heterocycles. The average Bonchev–Trinajstić information content (AvgIpc) is 2.64. The minimum atomic E-state index is 0.0173. The number of fused-ring (bicyclic) bond motifs is 1. The third-order valence-corrected chi connectivity index (χ3v) is 3.04. The molecule has 0 bridgehead atoms. The number of methoxy groups -OCH3 is 2. The molecule has 0 aliphatic rings. The fourth-order valence-corrected chi connectivity index (χ4v) is 2.08. The fourth-order valence-electron chi connectivity index (χ4n) is 2.08. The summed E-state index contributed by atoms with van der Waals surface area (Å²) in [6.07, 6.45) is 0.0173.